The maximum atomic E-state index is 4.66. The maximum absolute atomic E-state index is 4.66. The second-order valence-corrected chi connectivity index (χ2v) is 7.68. The molecular formula is C17H18BrN3S. The third kappa shape index (κ3) is 3.47. The highest BCUT2D eigenvalue weighted by molar-refractivity contribution is 9.11. The molecule has 1 aliphatic heterocycles. The third-order valence-electron chi connectivity index (χ3n) is 3.62. The fourth-order valence-corrected chi connectivity index (χ4v) is 3.42. The van der Waals surface area contributed by atoms with Crippen molar-refractivity contribution in [2.45, 2.75) is 19.8 Å². The number of allylic oxidation sites excluding steroid dienone is 2. The lowest BCUT2D eigenvalue weighted by molar-refractivity contribution is 0.938. The van der Waals surface area contributed by atoms with Gasteiger partial charge < -0.3 is 4.90 Å². The van der Waals surface area contributed by atoms with Crippen LogP contribution in [-0.2, 0) is 0 Å². The summed E-state index contributed by atoms with van der Waals surface area (Å²) in [6.45, 7) is 8.30. The molecule has 114 valence electrons. The van der Waals surface area contributed by atoms with E-state index in [1.807, 2.05) is 25.3 Å². The zero-order chi connectivity index (χ0) is 15.5. The van der Waals surface area contributed by atoms with Crippen molar-refractivity contribution in [2.75, 3.05) is 18.0 Å². The Hall–Kier alpha value is -1.46. The number of pyridine rings is 1. The van der Waals surface area contributed by atoms with Gasteiger partial charge in [0.05, 0.1) is 5.35 Å². The van der Waals surface area contributed by atoms with E-state index in [0.717, 1.165) is 43.8 Å². The Morgan fingerprint density at radius 1 is 1.36 bits per heavy atom. The molecule has 1 fully saturated rings. The van der Waals surface area contributed by atoms with Crippen molar-refractivity contribution in [3.05, 3.63) is 38.8 Å². The Morgan fingerprint density at radius 2 is 2.14 bits per heavy atom. The molecule has 3 rings (SSSR count). The summed E-state index contributed by atoms with van der Waals surface area (Å²) in [4.78, 5) is 11.6. The number of anilines is 1. The SMILES string of the molecule is C=c1sc(-c2ccc(N3CCCC3)nc2)n/c1=C/C=C(\C)Br. The molecule has 0 bridgehead atoms. The molecule has 0 atom stereocenters. The molecule has 0 unspecified atom stereocenters. The highest BCUT2D eigenvalue weighted by Crippen LogP contribution is 2.22. The van der Waals surface area contributed by atoms with Crippen molar-refractivity contribution >= 4 is 45.7 Å². The lowest BCUT2D eigenvalue weighted by atomic mass is 10.3. The Kier molecular flexibility index (Phi) is 4.74. The molecule has 22 heavy (non-hydrogen) atoms. The average Bonchev–Trinajstić information content (AvgIpc) is 3.15. The van der Waals surface area contributed by atoms with Gasteiger partial charge in [-0.2, -0.15) is 0 Å². The smallest absolute Gasteiger partial charge is 0.128 e. The lowest BCUT2D eigenvalue weighted by Crippen LogP contribution is -2.18. The van der Waals surface area contributed by atoms with Gasteiger partial charge in [-0.15, -0.1) is 11.3 Å². The molecule has 0 radical (unpaired) electrons. The number of aromatic nitrogens is 2. The van der Waals surface area contributed by atoms with E-state index in [-0.39, 0.29) is 0 Å². The zero-order valence-electron chi connectivity index (χ0n) is 12.6. The lowest BCUT2D eigenvalue weighted by Gasteiger charge is -2.15. The Balaban J connectivity index is 1.88. The van der Waals surface area contributed by atoms with Gasteiger partial charge in [0.15, 0.2) is 0 Å². The summed E-state index contributed by atoms with van der Waals surface area (Å²) in [5, 5.41) is 1.89. The third-order valence-corrected chi connectivity index (χ3v) is 4.86. The predicted octanol–water partition coefficient (Wildman–Crippen LogP) is 3.29. The van der Waals surface area contributed by atoms with Crippen molar-refractivity contribution in [1.29, 1.82) is 0 Å². The molecule has 0 N–H and O–H groups in total. The highest BCUT2D eigenvalue weighted by Gasteiger charge is 2.13. The number of hydrogen-bond acceptors (Lipinski definition) is 4. The van der Waals surface area contributed by atoms with Crippen LogP contribution in [0.25, 0.3) is 23.2 Å². The normalized spacial score (nSPS) is 16.5. The van der Waals surface area contributed by atoms with Gasteiger partial charge in [0.2, 0.25) is 0 Å². The summed E-state index contributed by atoms with van der Waals surface area (Å²) in [6, 6.07) is 4.20. The molecule has 2 aromatic heterocycles. The molecule has 0 aromatic carbocycles. The van der Waals surface area contributed by atoms with Crippen LogP contribution in [0.3, 0.4) is 0 Å². The first kappa shape index (κ1) is 15.4. The molecule has 1 aliphatic rings. The Labute approximate surface area is 142 Å². The van der Waals surface area contributed by atoms with Crippen molar-refractivity contribution in [1.82, 2.24) is 9.97 Å². The van der Waals surface area contributed by atoms with Gasteiger partial charge in [-0.1, -0.05) is 28.6 Å². The number of rotatable bonds is 3. The molecule has 2 aromatic rings. The van der Waals surface area contributed by atoms with Crippen LogP contribution in [0.15, 0.2) is 28.9 Å². The molecule has 5 heteroatoms. The van der Waals surface area contributed by atoms with Gasteiger partial charge in [-0.05, 0) is 42.5 Å². The molecule has 0 saturated carbocycles. The molecule has 1 saturated heterocycles. The van der Waals surface area contributed by atoms with Gasteiger partial charge in [0, 0.05) is 29.4 Å². The van der Waals surface area contributed by atoms with Gasteiger partial charge in [0.25, 0.3) is 0 Å². The summed E-state index contributed by atoms with van der Waals surface area (Å²) < 4.78 is 2.04. The maximum Gasteiger partial charge on any atom is 0.128 e. The molecule has 0 spiro atoms. The highest BCUT2D eigenvalue weighted by atomic mass is 79.9. The number of halogens is 1. The van der Waals surface area contributed by atoms with Gasteiger partial charge >= 0.3 is 0 Å². The fourth-order valence-electron chi connectivity index (χ4n) is 2.46. The van der Waals surface area contributed by atoms with Crippen LogP contribution >= 0.6 is 27.3 Å². The molecule has 3 heterocycles. The van der Waals surface area contributed by atoms with Crippen molar-refractivity contribution in [3.8, 4) is 10.6 Å². The van der Waals surface area contributed by atoms with Gasteiger partial charge in [-0.25, -0.2) is 9.97 Å². The Bertz CT molecular complexity index is 782. The largest absolute Gasteiger partial charge is 0.357 e. The van der Waals surface area contributed by atoms with Crippen LogP contribution in [0.1, 0.15) is 19.8 Å². The predicted molar refractivity (Wildman–Crippen MR) is 98.7 cm³/mol. The summed E-state index contributed by atoms with van der Waals surface area (Å²) in [7, 11) is 0. The van der Waals surface area contributed by atoms with Crippen LogP contribution in [0.4, 0.5) is 5.82 Å². The minimum atomic E-state index is 0.919. The van der Waals surface area contributed by atoms with Crippen LogP contribution in [0, 0.1) is 0 Å². The molecular weight excluding hydrogens is 358 g/mol. The second-order valence-electron chi connectivity index (χ2n) is 5.35. The van der Waals surface area contributed by atoms with Crippen molar-refractivity contribution < 1.29 is 0 Å². The van der Waals surface area contributed by atoms with E-state index in [9.17, 15) is 0 Å². The van der Waals surface area contributed by atoms with Crippen molar-refractivity contribution in [2.24, 2.45) is 0 Å². The van der Waals surface area contributed by atoms with Crippen LogP contribution in [0.2, 0.25) is 0 Å². The van der Waals surface area contributed by atoms with Crippen molar-refractivity contribution in [3.63, 3.8) is 0 Å². The summed E-state index contributed by atoms with van der Waals surface area (Å²) in [5.74, 6) is 1.07. The molecule has 0 amide bonds. The summed E-state index contributed by atoms with van der Waals surface area (Å²) in [5.41, 5.74) is 1.05. The van der Waals surface area contributed by atoms with E-state index < -0.39 is 0 Å². The first-order valence-corrected chi connectivity index (χ1v) is 8.96. The zero-order valence-corrected chi connectivity index (χ0v) is 15.0. The Morgan fingerprint density at radius 3 is 2.77 bits per heavy atom. The monoisotopic (exact) mass is 375 g/mol. The van der Waals surface area contributed by atoms with Gasteiger partial charge in [0.1, 0.15) is 10.8 Å². The molecule has 0 aliphatic carbocycles. The van der Waals surface area contributed by atoms with E-state index in [2.05, 4.69) is 49.5 Å². The second kappa shape index (κ2) is 6.75. The molecule has 3 nitrogen and oxygen atoms in total. The van der Waals surface area contributed by atoms with E-state index in [1.165, 1.54) is 12.8 Å². The van der Waals surface area contributed by atoms with E-state index in [4.69, 9.17) is 0 Å². The van der Waals surface area contributed by atoms with Crippen LogP contribution < -0.4 is 14.8 Å². The summed E-state index contributed by atoms with van der Waals surface area (Å²) in [6.07, 6.45) is 8.42. The average molecular weight is 376 g/mol. The van der Waals surface area contributed by atoms with E-state index >= 15 is 0 Å². The number of nitrogens with zero attached hydrogens (tertiary/aromatic N) is 3. The van der Waals surface area contributed by atoms with Gasteiger partial charge in [-0.3, -0.25) is 0 Å². The minimum absolute atomic E-state index is 0.919. The summed E-state index contributed by atoms with van der Waals surface area (Å²) >= 11 is 5.02. The first-order valence-electron chi connectivity index (χ1n) is 7.35. The van der Waals surface area contributed by atoms with Crippen LogP contribution in [-0.4, -0.2) is 23.1 Å². The van der Waals surface area contributed by atoms with E-state index in [0.29, 0.717) is 0 Å². The quantitative estimate of drug-likeness (QED) is 0.823. The topological polar surface area (TPSA) is 29.0 Å². The number of thiazole rings is 1. The van der Waals surface area contributed by atoms with E-state index in [1.54, 1.807) is 11.3 Å². The standard InChI is InChI=1S/C17H18BrN3S/c1-12(18)5-7-15-13(2)22-17(20-15)14-6-8-16(19-11-14)21-9-3-4-10-21/h5-8,11H,2-4,9-10H2,1H3/b12-5+,15-7+. The first-order chi connectivity index (χ1) is 10.6. The minimum Gasteiger partial charge on any atom is -0.357 e. The fraction of sp³-hybridized carbons (Fsp3) is 0.294. The number of hydrogen-bond donors (Lipinski definition) is 0. The van der Waals surface area contributed by atoms with Crippen LogP contribution in [0.5, 0.6) is 0 Å².